The molecule has 1 atom stereocenters. The molecule has 0 radical (unpaired) electrons. The van der Waals surface area contributed by atoms with Gasteiger partial charge in [-0.3, -0.25) is 0 Å². The van der Waals surface area contributed by atoms with E-state index in [1.807, 2.05) is 20.8 Å². The maximum atomic E-state index is 11.8. The number of β-amino-alcohol motifs (C(OH)–C–C–N with tert-alkyl or cyclic N) is 1. The fraction of sp³-hybridized carbons (Fsp3) is 0.571. The van der Waals surface area contributed by atoms with Gasteiger partial charge in [-0.05, 0) is 26.8 Å². The highest BCUT2D eigenvalue weighted by Crippen LogP contribution is 2.21. The number of hydrogen-bond acceptors (Lipinski definition) is 5. The molecule has 0 bridgehead atoms. The van der Waals surface area contributed by atoms with Crippen LogP contribution in [0.1, 0.15) is 32.4 Å². The molecule has 1 N–H and O–H groups in total. The Hall–Kier alpha value is -1.82. The Morgan fingerprint density at radius 3 is 2.45 bits per heavy atom. The molecule has 112 valence electrons. The maximum Gasteiger partial charge on any atom is 0.410 e. The fourth-order valence-corrected chi connectivity index (χ4v) is 1.72. The minimum absolute atomic E-state index is 0.129. The summed E-state index contributed by atoms with van der Waals surface area (Å²) in [5, 5.41) is 10.2. The van der Waals surface area contributed by atoms with E-state index in [0.717, 1.165) is 0 Å². The summed E-state index contributed by atoms with van der Waals surface area (Å²) < 4.78 is 9.72. The van der Waals surface area contributed by atoms with Crippen LogP contribution in [0.25, 0.3) is 0 Å². The first-order valence-corrected chi connectivity index (χ1v) is 6.33. The van der Waals surface area contributed by atoms with Gasteiger partial charge in [0, 0.05) is 23.4 Å². The second-order valence-electron chi connectivity index (χ2n) is 5.40. The van der Waals surface area contributed by atoms with Crippen LogP contribution in [-0.2, 0) is 4.74 Å². The van der Waals surface area contributed by atoms with Crippen LogP contribution in [0, 0.1) is 0 Å². The van der Waals surface area contributed by atoms with E-state index in [2.05, 4.69) is 4.98 Å². The highest BCUT2D eigenvalue weighted by molar-refractivity contribution is 5.68. The topological polar surface area (TPSA) is 71.9 Å². The number of aliphatic hydroxyl groups excluding tert-OH is 1. The molecule has 1 aromatic heterocycles. The van der Waals surface area contributed by atoms with Crippen molar-refractivity contribution in [2.45, 2.75) is 32.4 Å². The molecule has 1 rings (SSSR count). The van der Waals surface area contributed by atoms with Gasteiger partial charge in [0.05, 0.1) is 26.9 Å². The number of carbonyl (C=O) groups is 1. The summed E-state index contributed by atoms with van der Waals surface area (Å²) in [4.78, 5) is 17.3. The van der Waals surface area contributed by atoms with E-state index in [4.69, 9.17) is 9.47 Å². The van der Waals surface area contributed by atoms with Crippen molar-refractivity contribution in [3.05, 3.63) is 23.9 Å². The molecule has 6 heteroatoms. The summed E-state index contributed by atoms with van der Waals surface area (Å²) >= 11 is 0. The van der Waals surface area contributed by atoms with Crippen molar-refractivity contribution in [2.24, 2.45) is 0 Å². The van der Waals surface area contributed by atoms with Crippen LogP contribution in [0.3, 0.4) is 0 Å². The number of aliphatic hydroxyl groups is 1. The first-order valence-electron chi connectivity index (χ1n) is 6.33. The van der Waals surface area contributed by atoms with Crippen LogP contribution in [0.2, 0.25) is 0 Å². The molecule has 6 nitrogen and oxygen atoms in total. The lowest BCUT2D eigenvalue weighted by Gasteiger charge is -2.35. The number of amides is 1. The first kappa shape index (κ1) is 16.2. The van der Waals surface area contributed by atoms with E-state index in [1.165, 1.54) is 25.3 Å². The number of methoxy groups -OCH3 is 2. The lowest BCUT2D eigenvalue weighted by Crippen LogP contribution is -2.47. The number of aromatic nitrogens is 1. The normalized spacial score (nSPS) is 12.7. The molecule has 0 aromatic carbocycles. The summed E-state index contributed by atoms with van der Waals surface area (Å²) in [6, 6.07) is 3.38. The number of rotatable bonds is 4. The van der Waals surface area contributed by atoms with Crippen molar-refractivity contribution in [3.63, 3.8) is 0 Å². The van der Waals surface area contributed by atoms with Crippen molar-refractivity contribution < 1.29 is 19.4 Å². The lowest BCUT2D eigenvalue weighted by atomic mass is 10.0. The zero-order chi connectivity index (χ0) is 15.3. The molecule has 0 aliphatic rings. The summed E-state index contributed by atoms with van der Waals surface area (Å²) in [6.45, 7) is 5.76. The standard InChI is InChI=1S/C14H22N2O4/c1-14(2,3)16(13(18)20-5)9-11(17)10-6-7-12(19-4)15-8-10/h6-8,11,17H,9H2,1-5H3. The molecule has 1 unspecified atom stereocenters. The minimum atomic E-state index is -0.841. The Morgan fingerprint density at radius 1 is 1.40 bits per heavy atom. The van der Waals surface area contributed by atoms with Crippen molar-refractivity contribution >= 4 is 6.09 Å². The lowest BCUT2D eigenvalue weighted by molar-refractivity contribution is 0.0460. The Bertz CT molecular complexity index is 439. The van der Waals surface area contributed by atoms with Crippen molar-refractivity contribution in [3.8, 4) is 5.88 Å². The highest BCUT2D eigenvalue weighted by Gasteiger charge is 2.29. The molecule has 0 fully saturated rings. The predicted octanol–water partition coefficient (Wildman–Crippen LogP) is 1.99. The number of nitrogens with zero attached hydrogens (tertiary/aromatic N) is 2. The zero-order valence-corrected chi connectivity index (χ0v) is 12.6. The van der Waals surface area contributed by atoms with E-state index in [-0.39, 0.29) is 6.54 Å². The average molecular weight is 282 g/mol. The second kappa shape index (κ2) is 6.56. The predicted molar refractivity (Wildman–Crippen MR) is 74.6 cm³/mol. The van der Waals surface area contributed by atoms with E-state index < -0.39 is 17.7 Å². The van der Waals surface area contributed by atoms with Crippen LogP contribution in [0.4, 0.5) is 4.79 Å². The van der Waals surface area contributed by atoms with Gasteiger partial charge in [-0.1, -0.05) is 0 Å². The number of ether oxygens (including phenoxy) is 2. The molecule has 0 spiro atoms. The monoisotopic (exact) mass is 282 g/mol. The van der Waals surface area contributed by atoms with Crippen molar-refractivity contribution in [1.82, 2.24) is 9.88 Å². The number of hydrogen-bond donors (Lipinski definition) is 1. The van der Waals surface area contributed by atoms with Crippen molar-refractivity contribution in [1.29, 1.82) is 0 Å². The molecular formula is C14H22N2O4. The third kappa shape index (κ3) is 4.09. The van der Waals surface area contributed by atoms with Gasteiger partial charge in [0.15, 0.2) is 0 Å². The smallest absolute Gasteiger partial charge is 0.410 e. The summed E-state index contributed by atoms with van der Waals surface area (Å²) in [6.07, 6.45) is 0.214. The third-order valence-corrected chi connectivity index (χ3v) is 2.91. The molecule has 1 aromatic rings. The zero-order valence-electron chi connectivity index (χ0n) is 12.6. The maximum absolute atomic E-state index is 11.8. The van der Waals surface area contributed by atoms with E-state index in [1.54, 1.807) is 12.1 Å². The Morgan fingerprint density at radius 2 is 2.05 bits per heavy atom. The van der Waals surface area contributed by atoms with Gasteiger partial charge < -0.3 is 19.5 Å². The van der Waals surface area contributed by atoms with E-state index in [0.29, 0.717) is 11.4 Å². The van der Waals surface area contributed by atoms with Gasteiger partial charge in [-0.2, -0.15) is 0 Å². The SMILES string of the molecule is COC(=O)N(CC(O)c1ccc(OC)nc1)C(C)(C)C. The van der Waals surface area contributed by atoms with Gasteiger partial charge in [0.25, 0.3) is 0 Å². The quantitative estimate of drug-likeness (QED) is 0.914. The Balaban J connectivity index is 2.84. The fourth-order valence-electron chi connectivity index (χ4n) is 1.72. The van der Waals surface area contributed by atoms with Crippen LogP contribution in [0.15, 0.2) is 18.3 Å². The molecule has 20 heavy (non-hydrogen) atoms. The average Bonchev–Trinajstić information content (AvgIpc) is 2.42. The van der Waals surface area contributed by atoms with Crippen LogP contribution in [-0.4, -0.2) is 47.4 Å². The molecule has 1 heterocycles. The number of pyridine rings is 1. The first-order chi connectivity index (χ1) is 9.29. The van der Waals surface area contributed by atoms with Gasteiger partial charge in [0.1, 0.15) is 0 Å². The van der Waals surface area contributed by atoms with Gasteiger partial charge >= 0.3 is 6.09 Å². The molecule has 0 aliphatic carbocycles. The Labute approximate surface area is 119 Å². The minimum Gasteiger partial charge on any atom is -0.481 e. The molecule has 0 aliphatic heterocycles. The second-order valence-corrected chi connectivity index (χ2v) is 5.40. The van der Waals surface area contributed by atoms with Gasteiger partial charge in [-0.25, -0.2) is 9.78 Å². The molecular weight excluding hydrogens is 260 g/mol. The van der Waals surface area contributed by atoms with E-state index >= 15 is 0 Å². The molecule has 0 saturated heterocycles. The molecule has 1 amide bonds. The largest absolute Gasteiger partial charge is 0.481 e. The van der Waals surface area contributed by atoms with Crippen LogP contribution in [0.5, 0.6) is 5.88 Å². The summed E-state index contributed by atoms with van der Waals surface area (Å²) in [5.74, 6) is 0.474. The van der Waals surface area contributed by atoms with Crippen LogP contribution >= 0.6 is 0 Å². The summed E-state index contributed by atoms with van der Waals surface area (Å²) in [7, 11) is 2.85. The third-order valence-electron chi connectivity index (χ3n) is 2.91. The van der Waals surface area contributed by atoms with Gasteiger partial charge in [0.2, 0.25) is 5.88 Å². The number of carbonyl (C=O) groups excluding carboxylic acids is 1. The van der Waals surface area contributed by atoms with E-state index in [9.17, 15) is 9.90 Å². The van der Waals surface area contributed by atoms with Crippen LogP contribution < -0.4 is 4.74 Å². The Kier molecular flexibility index (Phi) is 5.33. The van der Waals surface area contributed by atoms with Crippen molar-refractivity contribution in [2.75, 3.05) is 20.8 Å². The highest BCUT2D eigenvalue weighted by atomic mass is 16.5. The summed E-state index contributed by atoms with van der Waals surface area (Å²) in [5.41, 5.74) is 0.164. The van der Waals surface area contributed by atoms with Gasteiger partial charge in [-0.15, -0.1) is 0 Å². The molecule has 0 saturated carbocycles.